The average molecular weight is 377 g/mol. The Morgan fingerprint density at radius 1 is 1.36 bits per heavy atom. The van der Waals surface area contributed by atoms with E-state index in [1.54, 1.807) is 23.5 Å². The first-order valence-corrected chi connectivity index (χ1v) is 9.69. The summed E-state index contributed by atoms with van der Waals surface area (Å²) in [6, 6.07) is 5.35. The molecule has 1 saturated heterocycles. The van der Waals surface area contributed by atoms with E-state index in [1.165, 1.54) is 0 Å². The van der Waals surface area contributed by atoms with Gasteiger partial charge in [-0.25, -0.2) is 4.98 Å². The first-order valence-electron chi connectivity index (χ1n) is 8.43. The number of aromatic nitrogens is 1. The number of likely N-dealkylation sites (tertiary alicyclic amines) is 1. The third-order valence-electron chi connectivity index (χ3n) is 4.60. The third-order valence-corrected chi connectivity index (χ3v) is 5.66. The second-order valence-corrected chi connectivity index (χ2v) is 8.04. The molecule has 6 heteroatoms. The summed E-state index contributed by atoms with van der Waals surface area (Å²) < 4.78 is 0. The van der Waals surface area contributed by atoms with Gasteiger partial charge < -0.3 is 4.90 Å². The van der Waals surface area contributed by atoms with Gasteiger partial charge in [-0.2, -0.15) is 0 Å². The van der Waals surface area contributed by atoms with Gasteiger partial charge in [0.1, 0.15) is 0 Å². The van der Waals surface area contributed by atoms with Crippen LogP contribution in [0, 0.1) is 19.8 Å². The number of aryl methyl sites for hydroxylation is 2. The SMILES string of the molecule is Cc1nc(CC(=O)N2CCCC(C(=O)c3ccc(Cl)cc3C)C2)cs1. The van der Waals surface area contributed by atoms with Crippen LogP contribution < -0.4 is 0 Å². The van der Waals surface area contributed by atoms with E-state index in [9.17, 15) is 9.59 Å². The molecule has 0 bridgehead atoms. The molecule has 2 aromatic rings. The molecule has 1 aromatic carbocycles. The fourth-order valence-corrected chi connectivity index (χ4v) is 4.14. The van der Waals surface area contributed by atoms with Gasteiger partial charge in [0.15, 0.2) is 5.78 Å². The van der Waals surface area contributed by atoms with Crippen molar-refractivity contribution in [2.75, 3.05) is 13.1 Å². The number of Topliss-reactive ketones (excluding diaryl/α,β-unsaturated/α-hetero) is 1. The molecular formula is C19H21ClN2O2S. The molecule has 1 aromatic heterocycles. The molecule has 1 amide bonds. The number of ketones is 1. The third kappa shape index (κ3) is 4.28. The highest BCUT2D eigenvalue weighted by Gasteiger charge is 2.29. The predicted molar refractivity (Wildman–Crippen MR) is 100 cm³/mol. The molecule has 25 heavy (non-hydrogen) atoms. The molecule has 1 unspecified atom stereocenters. The maximum atomic E-state index is 12.9. The van der Waals surface area contributed by atoms with Crippen LogP contribution in [0.15, 0.2) is 23.6 Å². The number of carbonyl (C=O) groups excluding carboxylic acids is 2. The molecular weight excluding hydrogens is 356 g/mol. The van der Waals surface area contributed by atoms with Crippen molar-refractivity contribution in [3.05, 3.63) is 50.4 Å². The number of hydrogen-bond donors (Lipinski definition) is 0. The molecule has 0 saturated carbocycles. The topological polar surface area (TPSA) is 50.3 Å². The summed E-state index contributed by atoms with van der Waals surface area (Å²) in [4.78, 5) is 31.6. The van der Waals surface area contributed by atoms with Crippen LogP contribution in [-0.4, -0.2) is 34.7 Å². The highest BCUT2D eigenvalue weighted by Crippen LogP contribution is 2.24. The maximum Gasteiger partial charge on any atom is 0.228 e. The first kappa shape index (κ1) is 18.1. The lowest BCUT2D eigenvalue weighted by Gasteiger charge is -2.32. The zero-order valence-corrected chi connectivity index (χ0v) is 16.0. The number of thiazole rings is 1. The van der Waals surface area contributed by atoms with Crippen LogP contribution in [0.3, 0.4) is 0 Å². The molecule has 3 rings (SSSR count). The van der Waals surface area contributed by atoms with Gasteiger partial charge in [-0.15, -0.1) is 11.3 Å². The first-order chi connectivity index (χ1) is 11.9. The van der Waals surface area contributed by atoms with Crippen LogP contribution in [-0.2, 0) is 11.2 Å². The Balaban J connectivity index is 1.67. The number of amides is 1. The van der Waals surface area contributed by atoms with Gasteiger partial charge in [-0.1, -0.05) is 11.6 Å². The standard InChI is InChI=1S/C19H21ClN2O2S/c1-12-8-15(20)5-6-17(12)19(24)14-4-3-7-22(10-14)18(23)9-16-11-25-13(2)21-16/h5-6,8,11,14H,3-4,7,9-10H2,1-2H3. The fourth-order valence-electron chi connectivity index (χ4n) is 3.30. The van der Waals surface area contributed by atoms with E-state index >= 15 is 0 Å². The lowest BCUT2D eigenvalue weighted by atomic mass is 9.88. The molecule has 2 heterocycles. The molecule has 0 N–H and O–H groups in total. The Morgan fingerprint density at radius 2 is 2.16 bits per heavy atom. The van der Waals surface area contributed by atoms with Gasteiger partial charge in [0.05, 0.1) is 17.1 Å². The number of carbonyl (C=O) groups is 2. The minimum absolute atomic E-state index is 0.0515. The zero-order valence-electron chi connectivity index (χ0n) is 14.4. The van der Waals surface area contributed by atoms with Gasteiger partial charge in [0, 0.05) is 35.0 Å². The Labute approximate surface area is 156 Å². The maximum absolute atomic E-state index is 12.9. The van der Waals surface area contributed by atoms with Crippen molar-refractivity contribution >= 4 is 34.6 Å². The van der Waals surface area contributed by atoms with Crippen LogP contribution in [0.5, 0.6) is 0 Å². The normalized spacial score (nSPS) is 17.6. The highest BCUT2D eigenvalue weighted by molar-refractivity contribution is 7.09. The lowest BCUT2D eigenvalue weighted by molar-refractivity contribution is -0.131. The molecule has 0 aliphatic carbocycles. The van der Waals surface area contributed by atoms with E-state index in [4.69, 9.17) is 11.6 Å². The van der Waals surface area contributed by atoms with Gasteiger partial charge in [0.2, 0.25) is 5.91 Å². The van der Waals surface area contributed by atoms with Gasteiger partial charge in [-0.05, 0) is 50.5 Å². The summed E-state index contributed by atoms with van der Waals surface area (Å²) in [7, 11) is 0. The second-order valence-electron chi connectivity index (χ2n) is 6.54. The van der Waals surface area contributed by atoms with Crippen molar-refractivity contribution in [1.29, 1.82) is 0 Å². The van der Waals surface area contributed by atoms with E-state index < -0.39 is 0 Å². The number of halogens is 1. The summed E-state index contributed by atoms with van der Waals surface area (Å²) in [5.74, 6) is 0.0153. The quantitative estimate of drug-likeness (QED) is 0.755. The van der Waals surface area contributed by atoms with E-state index in [-0.39, 0.29) is 17.6 Å². The van der Waals surface area contributed by atoms with Crippen LogP contribution >= 0.6 is 22.9 Å². The van der Waals surface area contributed by atoms with Crippen LogP contribution in [0.2, 0.25) is 5.02 Å². The van der Waals surface area contributed by atoms with Gasteiger partial charge >= 0.3 is 0 Å². The van der Waals surface area contributed by atoms with E-state index in [2.05, 4.69) is 4.98 Å². The van der Waals surface area contributed by atoms with Gasteiger partial charge in [0.25, 0.3) is 0 Å². The summed E-state index contributed by atoms with van der Waals surface area (Å²) >= 11 is 7.53. The summed E-state index contributed by atoms with van der Waals surface area (Å²) in [5.41, 5.74) is 2.41. The monoisotopic (exact) mass is 376 g/mol. The molecule has 1 fully saturated rings. The molecule has 1 aliphatic heterocycles. The zero-order chi connectivity index (χ0) is 18.0. The smallest absolute Gasteiger partial charge is 0.228 e. The summed E-state index contributed by atoms with van der Waals surface area (Å²) in [6.07, 6.45) is 1.98. The Bertz CT molecular complexity index is 802. The Kier molecular flexibility index (Phi) is 5.54. The van der Waals surface area contributed by atoms with Crippen LogP contribution in [0.1, 0.15) is 39.5 Å². The summed E-state index contributed by atoms with van der Waals surface area (Å²) in [5, 5.41) is 3.53. The van der Waals surface area contributed by atoms with Crippen molar-refractivity contribution in [1.82, 2.24) is 9.88 Å². The molecule has 1 aliphatic rings. The minimum Gasteiger partial charge on any atom is -0.342 e. The number of nitrogens with zero attached hydrogens (tertiary/aromatic N) is 2. The van der Waals surface area contributed by atoms with Crippen molar-refractivity contribution in [3.63, 3.8) is 0 Å². The molecule has 1 atom stereocenters. The summed E-state index contributed by atoms with van der Waals surface area (Å²) in [6.45, 7) is 5.03. The van der Waals surface area contributed by atoms with Crippen LogP contribution in [0.25, 0.3) is 0 Å². The van der Waals surface area contributed by atoms with Crippen molar-refractivity contribution in [3.8, 4) is 0 Å². The highest BCUT2D eigenvalue weighted by atomic mass is 35.5. The second kappa shape index (κ2) is 7.67. The molecule has 132 valence electrons. The average Bonchev–Trinajstić information content (AvgIpc) is 2.99. The van der Waals surface area contributed by atoms with Gasteiger partial charge in [-0.3, -0.25) is 9.59 Å². The largest absolute Gasteiger partial charge is 0.342 e. The molecule has 0 spiro atoms. The van der Waals surface area contributed by atoms with Crippen LogP contribution in [0.4, 0.5) is 0 Å². The van der Waals surface area contributed by atoms with E-state index in [0.717, 1.165) is 29.1 Å². The number of hydrogen-bond acceptors (Lipinski definition) is 4. The number of rotatable bonds is 4. The van der Waals surface area contributed by atoms with Crippen molar-refractivity contribution in [2.24, 2.45) is 5.92 Å². The number of benzene rings is 1. The number of piperidine rings is 1. The minimum atomic E-state index is -0.144. The fraction of sp³-hybridized carbons (Fsp3) is 0.421. The Morgan fingerprint density at radius 3 is 2.84 bits per heavy atom. The Hall–Kier alpha value is -1.72. The predicted octanol–water partition coefficient (Wildman–Crippen LogP) is 4.08. The van der Waals surface area contributed by atoms with Crippen molar-refractivity contribution < 1.29 is 9.59 Å². The van der Waals surface area contributed by atoms with Crippen molar-refractivity contribution in [2.45, 2.75) is 33.1 Å². The lowest BCUT2D eigenvalue weighted by Crippen LogP contribution is -2.43. The molecule has 4 nitrogen and oxygen atoms in total. The molecule has 0 radical (unpaired) electrons. The van der Waals surface area contributed by atoms with E-state index in [0.29, 0.717) is 30.1 Å². The van der Waals surface area contributed by atoms with E-state index in [1.807, 2.05) is 30.2 Å².